The van der Waals surface area contributed by atoms with Crippen molar-refractivity contribution in [3.63, 3.8) is 0 Å². The number of hydrogen-bond acceptors (Lipinski definition) is 3. The summed E-state index contributed by atoms with van der Waals surface area (Å²) in [5, 5.41) is 8.99. The summed E-state index contributed by atoms with van der Waals surface area (Å²) in [5.74, 6) is -0.734. The number of likely N-dealkylation sites (N-methyl/N-ethyl adjacent to an activating group) is 1. The van der Waals surface area contributed by atoms with Crippen LogP contribution in [0.5, 0.6) is 0 Å². The number of likely N-dealkylation sites (tertiary alicyclic amines) is 1. The molecule has 1 aromatic rings. The van der Waals surface area contributed by atoms with Gasteiger partial charge < -0.3 is 5.11 Å². The first-order chi connectivity index (χ1) is 10.2. The highest BCUT2D eigenvalue weighted by molar-refractivity contribution is 5.69. The Balaban J connectivity index is 1.96. The zero-order chi connectivity index (χ0) is 15.1. The second-order valence-corrected chi connectivity index (χ2v) is 5.83. The van der Waals surface area contributed by atoms with E-state index in [1.807, 2.05) is 17.9 Å². The lowest BCUT2D eigenvalue weighted by Gasteiger charge is -2.38. The van der Waals surface area contributed by atoms with Crippen molar-refractivity contribution < 1.29 is 9.90 Å². The second-order valence-electron chi connectivity index (χ2n) is 5.83. The van der Waals surface area contributed by atoms with Crippen LogP contribution in [0.15, 0.2) is 30.3 Å². The molecule has 1 atom stereocenters. The predicted molar refractivity (Wildman–Crippen MR) is 84.2 cm³/mol. The first-order valence-corrected chi connectivity index (χ1v) is 7.91. The highest BCUT2D eigenvalue weighted by Crippen LogP contribution is 2.20. The van der Waals surface area contributed by atoms with Crippen molar-refractivity contribution in [2.24, 2.45) is 0 Å². The summed E-state index contributed by atoms with van der Waals surface area (Å²) >= 11 is 0. The number of carbonyl (C=O) groups is 1. The Bertz CT molecular complexity index is 436. The fourth-order valence-electron chi connectivity index (χ4n) is 3.09. The number of aliphatic carboxylic acids is 1. The van der Waals surface area contributed by atoms with Gasteiger partial charge in [0.2, 0.25) is 0 Å². The van der Waals surface area contributed by atoms with Gasteiger partial charge in [-0.25, -0.2) is 0 Å². The molecule has 116 valence electrons. The number of hydrogen-bond donors (Lipinski definition) is 1. The van der Waals surface area contributed by atoms with Crippen LogP contribution >= 0.6 is 0 Å². The van der Waals surface area contributed by atoms with Crippen LogP contribution in [0.25, 0.3) is 0 Å². The van der Waals surface area contributed by atoms with Crippen molar-refractivity contribution in [1.82, 2.24) is 9.80 Å². The molecule has 0 aliphatic carbocycles. The number of benzene rings is 1. The van der Waals surface area contributed by atoms with Crippen LogP contribution in [0.4, 0.5) is 0 Å². The van der Waals surface area contributed by atoms with E-state index in [-0.39, 0.29) is 6.54 Å². The van der Waals surface area contributed by atoms with Gasteiger partial charge in [-0.1, -0.05) is 43.7 Å². The summed E-state index contributed by atoms with van der Waals surface area (Å²) in [5.41, 5.74) is 1.34. The number of piperidine rings is 1. The van der Waals surface area contributed by atoms with E-state index in [1.54, 1.807) is 0 Å². The topological polar surface area (TPSA) is 43.8 Å². The zero-order valence-electron chi connectivity index (χ0n) is 12.9. The molecule has 0 radical (unpaired) electrons. The quantitative estimate of drug-likeness (QED) is 0.838. The summed E-state index contributed by atoms with van der Waals surface area (Å²) in [7, 11) is 0. The monoisotopic (exact) mass is 290 g/mol. The van der Waals surface area contributed by atoms with Crippen molar-refractivity contribution in [3.05, 3.63) is 35.9 Å². The van der Waals surface area contributed by atoms with Crippen LogP contribution < -0.4 is 0 Å². The molecule has 2 rings (SSSR count). The molecule has 1 aromatic carbocycles. The normalized spacial score (nSPS) is 19.8. The van der Waals surface area contributed by atoms with Gasteiger partial charge >= 0.3 is 5.97 Å². The molecular weight excluding hydrogens is 264 g/mol. The van der Waals surface area contributed by atoms with Crippen LogP contribution in [0, 0.1) is 0 Å². The molecule has 1 aliphatic heterocycles. The van der Waals surface area contributed by atoms with E-state index in [4.69, 9.17) is 5.11 Å². The molecule has 1 unspecified atom stereocenters. The van der Waals surface area contributed by atoms with Crippen LogP contribution in [0.2, 0.25) is 0 Å². The molecule has 0 bridgehead atoms. The molecule has 21 heavy (non-hydrogen) atoms. The fraction of sp³-hybridized carbons (Fsp3) is 0.588. The third kappa shape index (κ3) is 5.14. The van der Waals surface area contributed by atoms with Gasteiger partial charge in [0, 0.05) is 19.1 Å². The number of carboxylic acids is 1. The van der Waals surface area contributed by atoms with E-state index in [0.29, 0.717) is 6.04 Å². The summed E-state index contributed by atoms with van der Waals surface area (Å²) in [4.78, 5) is 15.5. The minimum absolute atomic E-state index is 0.145. The second kappa shape index (κ2) is 8.15. The first-order valence-electron chi connectivity index (χ1n) is 7.91. The smallest absolute Gasteiger partial charge is 0.317 e. The number of carboxylic acid groups (broad SMARTS) is 1. The molecule has 1 aliphatic rings. The third-order valence-electron chi connectivity index (χ3n) is 4.25. The Kier molecular flexibility index (Phi) is 6.21. The molecule has 1 N–H and O–H groups in total. The molecule has 1 fully saturated rings. The van der Waals surface area contributed by atoms with Gasteiger partial charge in [0.1, 0.15) is 0 Å². The summed E-state index contributed by atoms with van der Waals surface area (Å²) in [6.45, 7) is 5.91. The van der Waals surface area contributed by atoms with Gasteiger partial charge in [-0.05, 0) is 31.5 Å². The Morgan fingerprint density at radius 3 is 2.76 bits per heavy atom. The van der Waals surface area contributed by atoms with Crippen molar-refractivity contribution in [1.29, 1.82) is 0 Å². The summed E-state index contributed by atoms with van der Waals surface area (Å²) in [6.07, 6.45) is 3.66. The van der Waals surface area contributed by atoms with Gasteiger partial charge in [0.25, 0.3) is 0 Å². The largest absolute Gasteiger partial charge is 0.480 e. The zero-order valence-corrected chi connectivity index (χ0v) is 12.9. The maximum atomic E-state index is 10.9. The van der Waals surface area contributed by atoms with E-state index in [2.05, 4.69) is 29.2 Å². The standard InChI is InChI=1S/C17H26N2O2/c1-2-18(14-17(20)21)13-16-10-6-7-11-19(16)12-15-8-4-3-5-9-15/h3-5,8-9,16H,2,6-7,10-14H2,1H3,(H,20,21). The Hall–Kier alpha value is -1.39. The Morgan fingerprint density at radius 1 is 1.33 bits per heavy atom. The molecular formula is C17H26N2O2. The maximum Gasteiger partial charge on any atom is 0.317 e. The minimum atomic E-state index is -0.734. The number of rotatable bonds is 7. The lowest BCUT2D eigenvalue weighted by atomic mass is 10.0. The average Bonchev–Trinajstić information content (AvgIpc) is 2.49. The van der Waals surface area contributed by atoms with E-state index >= 15 is 0 Å². The minimum Gasteiger partial charge on any atom is -0.480 e. The van der Waals surface area contributed by atoms with Crippen LogP contribution in [0.3, 0.4) is 0 Å². The fourth-order valence-corrected chi connectivity index (χ4v) is 3.09. The average molecular weight is 290 g/mol. The first kappa shape index (κ1) is 16.0. The van der Waals surface area contributed by atoms with Crippen LogP contribution in [-0.4, -0.2) is 53.1 Å². The number of nitrogens with zero attached hydrogens (tertiary/aromatic N) is 2. The third-order valence-corrected chi connectivity index (χ3v) is 4.25. The van der Waals surface area contributed by atoms with E-state index < -0.39 is 5.97 Å². The van der Waals surface area contributed by atoms with E-state index in [9.17, 15) is 4.79 Å². The highest BCUT2D eigenvalue weighted by Gasteiger charge is 2.24. The molecule has 0 aromatic heterocycles. The van der Waals surface area contributed by atoms with Crippen LogP contribution in [-0.2, 0) is 11.3 Å². The van der Waals surface area contributed by atoms with Gasteiger partial charge in [0.15, 0.2) is 0 Å². The van der Waals surface area contributed by atoms with Gasteiger partial charge in [-0.15, -0.1) is 0 Å². The summed E-state index contributed by atoms with van der Waals surface area (Å²) in [6, 6.07) is 11.0. The van der Waals surface area contributed by atoms with Crippen molar-refractivity contribution in [3.8, 4) is 0 Å². The molecule has 0 amide bonds. The molecule has 4 nitrogen and oxygen atoms in total. The van der Waals surface area contributed by atoms with Gasteiger partial charge in [-0.2, -0.15) is 0 Å². The van der Waals surface area contributed by atoms with Crippen molar-refractivity contribution in [2.45, 2.75) is 38.8 Å². The molecule has 0 spiro atoms. The lowest BCUT2D eigenvalue weighted by Crippen LogP contribution is -2.47. The van der Waals surface area contributed by atoms with Crippen molar-refractivity contribution in [2.75, 3.05) is 26.2 Å². The van der Waals surface area contributed by atoms with Gasteiger partial charge in [0.05, 0.1) is 6.54 Å². The predicted octanol–water partition coefficient (Wildman–Crippen LogP) is 2.45. The molecule has 1 heterocycles. The van der Waals surface area contributed by atoms with E-state index in [1.165, 1.54) is 24.8 Å². The SMILES string of the molecule is CCN(CC(=O)O)CC1CCCCN1Cc1ccccc1. The Labute approximate surface area is 127 Å². The van der Waals surface area contributed by atoms with E-state index in [0.717, 1.165) is 26.2 Å². The van der Waals surface area contributed by atoms with Gasteiger partial charge in [-0.3, -0.25) is 14.6 Å². The summed E-state index contributed by atoms with van der Waals surface area (Å²) < 4.78 is 0. The Morgan fingerprint density at radius 2 is 2.10 bits per heavy atom. The molecule has 4 heteroatoms. The van der Waals surface area contributed by atoms with Crippen molar-refractivity contribution >= 4 is 5.97 Å². The van der Waals surface area contributed by atoms with Crippen LogP contribution in [0.1, 0.15) is 31.7 Å². The molecule has 0 saturated carbocycles. The molecule has 1 saturated heterocycles. The highest BCUT2D eigenvalue weighted by atomic mass is 16.4. The lowest BCUT2D eigenvalue weighted by molar-refractivity contribution is -0.138. The maximum absolute atomic E-state index is 10.9.